The van der Waals surface area contributed by atoms with Crippen LogP contribution in [-0.4, -0.2) is 49.8 Å². The summed E-state index contributed by atoms with van der Waals surface area (Å²) in [5, 5.41) is 7.66. The Hall–Kier alpha value is -2.84. The van der Waals surface area contributed by atoms with Gasteiger partial charge in [-0.2, -0.15) is 5.10 Å². The molecule has 2 aromatic heterocycles. The smallest absolute Gasteiger partial charge is 0.234 e. The van der Waals surface area contributed by atoms with Crippen molar-refractivity contribution in [3.63, 3.8) is 0 Å². The zero-order valence-electron chi connectivity index (χ0n) is 16.9. The molecule has 0 bridgehead atoms. The standard InChI is InChI=1S/C21H26N6OS/c1-16(2)23-19(28)14-25(3)15-27-21(29)26(13-17-7-5-4-6-8-17)20(24-27)18-9-11-22-12-10-18/h4-12,16H,13-15H2,1-3H3,(H,23,28). The normalized spacial score (nSPS) is 11.2. The Labute approximate surface area is 176 Å². The maximum absolute atomic E-state index is 12.1. The number of carbonyl (C=O) groups is 1. The van der Waals surface area contributed by atoms with Gasteiger partial charge in [0.15, 0.2) is 10.6 Å². The van der Waals surface area contributed by atoms with E-state index < -0.39 is 0 Å². The van der Waals surface area contributed by atoms with Gasteiger partial charge in [-0.1, -0.05) is 30.3 Å². The number of pyridine rings is 1. The minimum atomic E-state index is -0.0212. The minimum Gasteiger partial charge on any atom is -0.353 e. The van der Waals surface area contributed by atoms with Crippen LogP contribution in [0.4, 0.5) is 0 Å². The van der Waals surface area contributed by atoms with Crippen molar-refractivity contribution in [2.75, 3.05) is 13.6 Å². The van der Waals surface area contributed by atoms with Crippen molar-refractivity contribution >= 4 is 18.1 Å². The Bertz CT molecular complexity index is 997. The van der Waals surface area contributed by atoms with E-state index in [2.05, 4.69) is 22.4 Å². The summed E-state index contributed by atoms with van der Waals surface area (Å²) >= 11 is 5.73. The summed E-state index contributed by atoms with van der Waals surface area (Å²) in [6.45, 7) is 5.20. The number of hydrogen-bond donors (Lipinski definition) is 1. The molecular formula is C21H26N6OS. The largest absolute Gasteiger partial charge is 0.353 e. The topological polar surface area (TPSA) is 68.0 Å². The fraction of sp³-hybridized carbons (Fsp3) is 0.333. The first-order valence-electron chi connectivity index (χ1n) is 9.54. The monoisotopic (exact) mass is 410 g/mol. The third kappa shape index (κ3) is 5.58. The van der Waals surface area contributed by atoms with Crippen molar-refractivity contribution in [1.82, 2.24) is 29.5 Å². The molecule has 0 spiro atoms. The highest BCUT2D eigenvalue weighted by Gasteiger charge is 2.15. The molecule has 0 saturated heterocycles. The molecule has 0 aliphatic heterocycles. The number of rotatable bonds is 8. The third-order valence-corrected chi connectivity index (χ3v) is 4.71. The summed E-state index contributed by atoms with van der Waals surface area (Å²) in [6.07, 6.45) is 3.49. The van der Waals surface area contributed by atoms with Crippen LogP contribution in [0.2, 0.25) is 0 Å². The SMILES string of the molecule is CC(C)NC(=O)CN(C)Cn1nc(-c2ccncc2)n(Cc2ccccc2)c1=S. The van der Waals surface area contributed by atoms with Crippen LogP contribution in [0.3, 0.4) is 0 Å². The first-order valence-corrected chi connectivity index (χ1v) is 9.94. The van der Waals surface area contributed by atoms with Gasteiger partial charge in [0, 0.05) is 24.0 Å². The van der Waals surface area contributed by atoms with Crippen LogP contribution in [0.1, 0.15) is 19.4 Å². The molecule has 0 unspecified atom stereocenters. The predicted octanol–water partition coefficient (Wildman–Crippen LogP) is 2.94. The number of amides is 1. The zero-order valence-corrected chi connectivity index (χ0v) is 17.8. The van der Waals surface area contributed by atoms with Crippen LogP contribution in [-0.2, 0) is 18.0 Å². The van der Waals surface area contributed by atoms with Gasteiger partial charge in [-0.3, -0.25) is 19.2 Å². The molecule has 7 nitrogen and oxygen atoms in total. The number of likely N-dealkylation sites (N-methyl/N-ethyl adjacent to an activating group) is 1. The maximum atomic E-state index is 12.1. The highest BCUT2D eigenvalue weighted by Crippen LogP contribution is 2.19. The quantitative estimate of drug-likeness (QED) is 0.579. The molecular weight excluding hydrogens is 384 g/mol. The lowest BCUT2D eigenvalue weighted by molar-refractivity contribution is -0.122. The van der Waals surface area contributed by atoms with Gasteiger partial charge in [0.1, 0.15) is 0 Å². The molecule has 0 atom stereocenters. The zero-order chi connectivity index (χ0) is 20.8. The van der Waals surface area contributed by atoms with Crippen molar-refractivity contribution in [2.24, 2.45) is 0 Å². The van der Waals surface area contributed by atoms with Crippen molar-refractivity contribution < 1.29 is 4.79 Å². The maximum Gasteiger partial charge on any atom is 0.234 e. The van der Waals surface area contributed by atoms with Crippen molar-refractivity contribution in [2.45, 2.75) is 33.1 Å². The number of benzene rings is 1. The second kappa shape index (κ2) is 9.58. The number of hydrogen-bond acceptors (Lipinski definition) is 5. The Morgan fingerprint density at radius 1 is 1.17 bits per heavy atom. The first kappa shape index (κ1) is 20.9. The molecule has 0 aliphatic carbocycles. The Morgan fingerprint density at radius 3 is 2.52 bits per heavy atom. The van der Waals surface area contributed by atoms with Crippen LogP contribution in [0.15, 0.2) is 54.9 Å². The first-order chi connectivity index (χ1) is 13.9. The molecule has 8 heteroatoms. The molecule has 1 amide bonds. The summed E-state index contributed by atoms with van der Waals surface area (Å²) < 4.78 is 4.38. The van der Waals surface area contributed by atoms with E-state index >= 15 is 0 Å². The number of nitrogens with zero attached hydrogens (tertiary/aromatic N) is 5. The van der Waals surface area contributed by atoms with Gasteiger partial charge >= 0.3 is 0 Å². The summed E-state index contributed by atoms with van der Waals surface area (Å²) in [5.41, 5.74) is 2.09. The molecule has 1 N–H and O–H groups in total. The molecule has 29 heavy (non-hydrogen) atoms. The van der Waals surface area contributed by atoms with Gasteiger partial charge in [-0.05, 0) is 50.8 Å². The molecule has 1 aromatic carbocycles. The number of carbonyl (C=O) groups excluding carboxylic acids is 1. The van der Waals surface area contributed by atoms with E-state index in [1.807, 2.05) is 60.7 Å². The van der Waals surface area contributed by atoms with Gasteiger partial charge in [0.25, 0.3) is 0 Å². The van der Waals surface area contributed by atoms with Crippen LogP contribution < -0.4 is 5.32 Å². The third-order valence-electron chi connectivity index (χ3n) is 4.28. The lowest BCUT2D eigenvalue weighted by Crippen LogP contribution is -2.39. The van der Waals surface area contributed by atoms with Crippen LogP contribution in [0, 0.1) is 4.77 Å². The molecule has 152 valence electrons. The Morgan fingerprint density at radius 2 is 1.86 bits per heavy atom. The van der Waals surface area contributed by atoms with E-state index in [9.17, 15) is 4.79 Å². The van der Waals surface area contributed by atoms with E-state index in [1.165, 1.54) is 0 Å². The molecule has 0 aliphatic rings. The van der Waals surface area contributed by atoms with Gasteiger partial charge in [0.05, 0.1) is 19.8 Å². The fourth-order valence-electron chi connectivity index (χ4n) is 3.05. The summed E-state index contributed by atoms with van der Waals surface area (Å²) in [5.74, 6) is 0.758. The number of nitrogens with one attached hydrogen (secondary N) is 1. The summed E-state index contributed by atoms with van der Waals surface area (Å²) in [6, 6.07) is 14.1. The van der Waals surface area contributed by atoms with Gasteiger partial charge in [-0.15, -0.1) is 0 Å². The Kier molecular flexibility index (Phi) is 6.90. The average molecular weight is 411 g/mol. The molecule has 0 radical (unpaired) electrons. The van der Waals surface area contributed by atoms with Crippen molar-refractivity contribution in [3.8, 4) is 11.4 Å². The second-order valence-electron chi connectivity index (χ2n) is 7.29. The van der Waals surface area contributed by atoms with Crippen molar-refractivity contribution in [1.29, 1.82) is 0 Å². The van der Waals surface area contributed by atoms with Crippen molar-refractivity contribution in [3.05, 3.63) is 65.2 Å². The average Bonchev–Trinajstić information content (AvgIpc) is 2.98. The van der Waals surface area contributed by atoms with Gasteiger partial charge < -0.3 is 5.32 Å². The predicted molar refractivity (Wildman–Crippen MR) is 116 cm³/mol. The molecule has 0 saturated carbocycles. The molecule has 3 aromatic rings. The van der Waals surface area contributed by atoms with Crippen LogP contribution in [0.5, 0.6) is 0 Å². The van der Waals surface area contributed by atoms with Crippen LogP contribution >= 0.6 is 12.2 Å². The number of aromatic nitrogens is 4. The molecule has 0 fully saturated rings. The second-order valence-corrected chi connectivity index (χ2v) is 7.66. The van der Waals surface area contributed by atoms with E-state index in [1.54, 1.807) is 17.1 Å². The lowest BCUT2D eigenvalue weighted by atomic mass is 10.2. The van der Waals surface area contributed by atoms with E-state index in [-0.39, 0.29) is 18.5 Å². The Balaban J connectivity index is 1.88. The summed E-state index contributed by atoms with van der Waals surface area (Å²) in [7, 11) is 1.88. The summed E-state index contributed by atoms with van der Waals surface area (Å²) in [4.78, 5) is 18.0. The molecule has 3 rings (SSSR count). The van der Waals surface area contributed by atoms with Crippen LogP contribution in [0.25, 0.3) is 11.4 Å². The van der Waals surface area contributed by atoms with E-state index in [0.29, 0.717) is 18.0 Å². The van der Waals surface area contributed by atoms with Gasteiger partial charge in [-0.25, -0.2) is 4.68 Å². The highest BCUT2D eigenvalue weighted by molar-refractivity contribution is 7.71. The van der Waals surface area contributed by atoms with E-state index in [0.717, 1.165) is 17.0 Å². The fourth-order valence-corrected chi connectivity index (χ4v) is 3.30. The minimum absolute atomic E-state index is 0.0212. The highest BCUT2D eigenvalue weighted by atomic mass is 32.1. The molecule has 2 heterocycles. The van der Waals surface area contributed by atoms with Gasteiger partial charge in [0.2, 0.25) is 5.91 Å². The lowest BCUT2D eigenvalue weighted by Gasteiger charge is -2.17. The van der Waals surface area contributed by atoms with E-state index in [4.69, 9.17) is 17.3 Å².